The van der Waals surface area contributed by atoms with E-state index < -0.39 is 31.7 Å². The van der Waals surface area contributed by atoms with Crippen LogP contribution in [0.2, 0.25) is 0 Å². The van der Waals surface area contributed by atoms with E-state index in [4.69, 9.17) is 10.5 Å². The number of hydrogen-bond acceptors (Lipinski definition) is 5. The summed E-state index contributed by atoms with van der Waals surface area (Å²) in [5.41, 5.74) is 4.95. The van der Waals surface area contributed by atoms with Crippen molar-refractivity contribution in [2.45, 2.75) is 49.8 Å². The molecule has 1 aliphatic rings. The third kappa shape index (κ3) is 4.25. The number of hydrogen-bond donors (Lipinski definition) is 1. The lowest BCUT2D eigenvalue weighted by atomic mass is 9.93. The highest BCUT2D eigenvalue weighted by Gasteiger charge is 2.54. The maximum Gasteiger partial charge on any atom is 0.171 e. The minimum absolute atomic E-state index is 0.0937. The first-order valence-electron chi connectivity index (χ1n) is 8.95. The summed E-state index contributed by atoms with van der Waals surface area (Å²) in [7, 11) is -3.91. The monoisotopic (exact) mass is 382 g/mol. The Balaban J connectivity index is 2.35. The standard InChI is InChI=1S/C19H27FN2O3S/c1-3-4-11-25-13-19(22,16-7-5-6-8-17(16)20)14-26(23,24)18(2,12-21)15-9-10-15/h5-8,15H,3-4,9-11,13-14,22H2,1-2H3/t18?,19-/m0/s1. The largest absolute Gasteiger partial charge is 0.379 e. The molecule has 0 heterocycles. The normalized spacial score (nSPS) is 19.3. The Hall–Kier alpha value is -1.49. The third-order valence-electron chi connectivity index (χ3n) is 5.08. The van der Waals surface area contributed by atoms with E-state index in [1.165, 1.54) is 25.1 Å². The lowest BCUT2D eigenvalue weighted by molar-refractivity contribution is 0.0878. The maximum absolute atomic E-state index is 14.4. The van der Waals surface area contributed by atoms with Gasteiger partial charge in [0.15, 0.2) is 14.6 Å². The molecular weight excluding hydrogens is 355 g/mol. The molecule has 1 aromatic carbocycles. The van der Waals surface area contributed by atoms with Crippen molar-refractivity contribution >= 4 is 9.84 Å². The third-order valence-corrected chi connectivity index (χ3v) is 7.70. The van der Waals surface area contributed by atoms with E-state index >= 15 is 0 Å². The molecule has 0 radical (unpaired) electrons. The molecule has 1 saturated carbocycles. The Morgan fingerprint density at radius 1 is 1.38 bits per heavy atom. The fraction of sp³-hybridized carbons (Fsp3) is 0.632. The average molecular weight is 383 g/mol. The van der Waals surface area contributed by atoms with Gasteiger partial charge in [-0.15, -0.1) is 0 Å². The van der Waals surface area contributed by atoms with Gasteiger partial charge in [-0.25, -0.2) is 12.8 Å². The van der Waals surface area contributed by atoms with Gasteiger partial charge in [-0.1, -0.05) is 31.5 Å². The minimum Gasteiger partial charge on any atom is -0.379 e. The summed E-state index contributed by atoms with van der Waals surface area (Å²) in [6, 6.07) is 7.84. The predicted octanol–water partition coefficient (Wildman–Crippen LogP) is 2.90. The zero-order chi connectivity index (χ0) is 19.4. The van der Waals surface area contributed by atoms with Crippen molar-refractivity contribution in [1.29, 1.82) is 5.26 Å². The molecule has 0 aliphatic heterocycles. The van der Waals surface area contributed by atoms with Gasteiger partial charge in [-0.2, -0.15) is 5.26 Å². The van der Waals surface area contributed by atoms with Crippen LogP contribution in [0.15, 0.2) is 24.3 Å². The molecule has 0 saturated heterocycles. The summed E-state index contributed by atoms with van der Waals surface area (Å²) in [6.07, 6.45) is 3.13. The Kier molecular flexibility index (Phi) is 6.43. The number of nitrogens with zero attached hydrogens (tertiary/aromatic N) is 1. The molecule has 0 spiro atoms. The Morgan fingerprint density at radius 3 is 2.58 bits per heavy atom. The van der Waals surface area contributed by atoms with Crippen LogP contribution in [0.25, 0.3) is 0 Å². The number of rotatable bonds is 10. The van der Waals surface area contributed by atoms with Gasteiger partial charge in [0.2, 0.25) is 0 Å². The second kappa shape index (κ2) is 8.03. The number of nitriles is 1. The Bertz CT molecular complexity index is 773. The smallest absolute Gasteiger partial charge is 0.171 e. The zero-order valence-corrected chi connectivity index (χ0v) is 16.2. The van der Waals surface area contributed by atoms with Crippen molar-refractivity contribution in [1.82, 2.24) is 0 Å². The molecule has 1 fully saturated rings. The summed E-state index contributed by atoms with van der Waals surface area (Å²) in [6.45, 7) is 3.75. The van der Waals surface area contributed by atoms with E-state index in [1.807, 2.05) is 13.0 Å². The number of benzene rings is 1. The topological polar surface area (TPSA) is 93.2 Å². The molecule has 1 aromatic rings. The van der Waals surface area contributed by atoms with Crippen LogP contribution in [-0.2, 0) is 20.1 Å². The first kappa shape index (κ1) is 20.8. The van der Waals surface area contributed by atoms with Gasteiger partial charge in [0.05, 0.1) is 24.0 Å². The van der Waals surface area contributed by atoms with Crippen LogP contribution in [0, 0.1) is 23.1 Å². The molecule has 0 bridgehead atoms. The van der Waals surface area contributed by atoms with Crippen LogP contribution in [0.3, 0.4) is 0 Å². The van der Waals surface area contributed by atoms with Crippen molar-refractivity contribution < 1.29 is 17.5 Å². The van der Waals surface area contributed by atoms with Crippen molar-refractivity contribution in [3.63, 3.8) is 0 Å². The molecule has 2 rings (SSSR count). The van der Waals surface area contributed by atoms with E-state index in [0.29, 0.717) is 19.4 Å². The van der Waals surface area contributed by atoms with E-state index in [0.717, 1.165) is 12.8 Å². The number of nitrogens with two attached hydrogens (primary N) is 1. The molecule has 1 aliphatic carbocycles. The summed E-state index contributed by atoms with van der Waals surface area (Å²) in [5, 5.41) is 9.52. The number of halogens is 1. The van der Waals surface area contributed by atoms with Crippen molar-refractivity contribution in [2.75, 3.05) is 19.0 Å². The minimum atomic E-state index is -3.91. The summed E-state index contributed by atoms with van der Waals surface area (Å²) in [4.78, 5) is 0. The van der Waals surface area contributed by atoms with Crippen LogP contribution in [0.4, 0.5) is 4.39 Å². The van der Waals surface area contributed by atoms with Gasteiger partial charge in [-0.3, -0.25) is 0 Å². The molecule has 0 aromatic heterocycles. The maximum atomic E-state index is 14.4. The van der Waals surface area contributed by atoms with Gasteiger partial charge in [-0.05, 0) is 38.2 Å². The highest BCUT2D eigenvalue weighted by molar-refractivity contribution is 7.93. The Morgan fingerprint density at radius 2 is 2.04 bits per heavy atom. The van der Waals surface area contributed by atoms with Crippen LogP contribution in [0.1, 0.15) is 45.1 Å². The first-order chi connectivity index (χ1) is 12.2. The number of sulfone groups is 1. The fourth-order valence-corrected chi connectivity index (χ4v) is 5.20. The van der Waals surface area contributed by atoms with E-state index in [9.17, 15) is 18.1 Å². The SMILES string of the molecule is CCCCOC[C@](N)(CS(=O)(=O)C(C)(C#N)C1CC1)c1ccccc1F. The predicted molar refractivity (Wildman–Crippen MR) is 98.5 cm³/mol. The highest BCUT2D eigenvalue weighted by Crippen LogP contribution is 2.45. The van der Waals surface area contributed by atoms with Crippen LogP contribution in [-0.4, -0.2) is 32.1 Å². The molecule has 1 unspecified atom stereocenters. The molecule has 144 valence electrons. The molecular formula is C19H27FN2O3S. The number of unbranched alkanes of at least 4 members (excludes halogenated alkanes) is 1. The Labute approximate surface area is 155 Å². The van der Waals surface area contributed by atoms with Crippen LogP contribution >= 0.6 is 0 Å². The summed E-state index contributed by atoms with van der Waals surface area (Å²) < 4.78 is 44.6. The second-order valence-corrected chi connectivity index (χ2v) is 9.66. The summed E-state index contributed by atoms with van der Waals surface area (Å²) in [5.74, 6) is -1.30. The van der Waals surface area contributed by atoms with E-state index in [-0.39, 0.29) is 18.1 Å². The molecule has 0 amide bonds. The van der Waals surface area contributed by atoms with Gasteiger partial charge < -0.3 is 10.5 Å². The van der Waals surface area contributed by atoms with E-state index in [1.54, 1.807) is 6.07 Å². The molecule has 2 atom stereocenters. The molecule has 5 nitrogen and oxygen atoms in total. The van der Waals surface area contributed by atoms with Crippen LogP contribution in [0.5, 0.6) is 0 Å². The molecule has 26 heavy (non-hydrogen) atoms. The molecule has 2 N–H and O–H groups in total. The average Bonchev–Trinajstić information content (AvgIpc) is 3.43. The quantitative estimate of drug-likeness (QED) is 0.628. The number of ether oxygens (including phenoxy) is 1. The summed E-state index contributed by atoms with van der Waals surface area (Å²) >= 11 is 0. The van der Waals surface area contributed by atoms with Crippen molar-refractivity contribution in [3.8, 4) is 6.07 Å². The fourth-order valence-electron chi connectivity index (χ4n) is 3.10. The van der Waals surface area contributed by atoms with Crippen molar-refractivity contribution in [3.05, 3.63) is 35.6 Å². The van der Waals surface area contributed by atoms with Gasteiger partial charge in [0, 0.05) is 12.2 Å². The van der Waals surface area contributed by atoms with Gasteiger partial charge in [0.25, 0.3) is 0 Å². The zero-order valence-electron chi connectivity index (χ0n) is 15.4. The lowest BCUT2D eigenvalue weighted by Gasteiger charge is -2.33. The van der Waals surface area contributed by atoms with Gasteiger partial charge in [0.1, 0.15) is 5.82 Å². The van der Waals surface area contributed by atoms with Crippen LogP contribution < -0.4 is 5.73 Å². The van der Waals surface area contributed by atoms with Crippen molar-refractivity contribution in [2.24, 2.45) is 11.7 Å². The second-order valence-electron chi connectivity index (χ2n) is 7.29. The first-order valence-corrected chi connectivity index (χ1v) is 10.6. The highest BCUT2D eigenvalue weighted by atomic mass is 32.2. The molecule has 7 heteroatoms. The lowest BCUT2D eigenvalue weighted by Crippen LogP contribution is -2.52. The van der Waals surface area contributed by atoms with E-state index in [2.05, 4.69) is 0 Å². The van der Waals surface area contributed by atoms with Gasteiger partial charge >= 0.3 is 0 Å².